The van der Waals surface area contributed by atoms with E-state index in [2.05, 4.69) is 24.1 Å². The van der Waals surface area contributed by atoms with Gasteiger partial charge in [-0.2, -0.15) is 0 Å². The molecule has 0 saturated carbocycles. The van der Waals surface area contributed by atoms with E-state index in [1.54, 1.807) is 0 Å². The van der Waals surface area contributed by atoms with Crippen LogP contribution in [0.5, 0.6) is 0 Å². The van der Waals surface area contributed by atoms with Crippen LogP contribution in [0.1, 0.15) is 42.2 Å². The first-order valence-electron chi connectivity index (χ1n) is 8.72. The quantitative estimate of drug-likeness (QED) is 0.732. The van der Waals surface area contributed by atoms with Crippen molar-refractivity contribution < 1.29 is 4.79 Å². The Morgan fingerprint density at radius 3 is 2.73 bits per heavy atom. The number of fused-ring (bicyclic) bond motifs is 1. The summed E-state index contributed by atoms with van der Waals surface area (Å²) in [4.78, 5) is 31.3. The number of carbonyl (C=O) groups excluding carboxylic acids is 1. The Bertz CT molecular complexity index is 1020. The number of nitrogens with zero attached hydrogens (tertiary/aromatic N) is 2. The Balaban J connectivity index is 1.74. The fourth-order valence-corrected chi connectivity index (χ4v) is 3.97. The third-order valence-electron chi connectivity index (χ3n) is 4.59. The summed E-state index contributed by atoms with van der Waals surface area (Å²) in [5.41, 5.74) is 2.84. The molecular formula is C20H23N3O2S. The molecule has 0 aliphatic carbocycles. The van der Waals surface area contributed by atoms with E-state index in [-0.39, 0.29) is 17.9 Å². The second kappa shape index (κ2) is 7.41. The molecule has 26 heavy (non-hydrogen) atoms. The van der Waals surface area contributed by atoms with E-state index in [4.69, 9.17) is 0 Å². The number of anilines is 1. The van der Waals surface area contributed by atoms with Gasteiger partial charge in [-0.1, -0.05) is 32.0 Å². The van der Waals surface area contributed by atoms with Gasteiger partial charge in [-0.05, 0) is 37.0 Å². The number of thiophene rings is 1. The molecule has 3 aromatic rings. The molecule has 2 heterocycles. The van der Waals surface area contributed by atoms with Gasteiger partial charge in [0.25, 0.3) is 5.56 Å². The van der Waals surface area contributed by atoms with E-state index in [0.717, 1.165) is 26.5 Å². The Labute approximate surface area is 156 Å². The molecule has 0 bridgehead atoms. The van der Waals surface area contributed by atoms with Gasteiger partial charge in [0.2, 0.25) is 5.91 Å². The summed E-state index contributed by atoms with van der Waals surface area (Å²) in [5, 5.41) is 3.63. The molecule has 136 valence electrons. The van der Waals surface area contributed by atoms with Gasteiger partial charge in [-0.15, -0.1) is 11.3 Å². The van der Waals surface area contributed by atoms with Gasteiger partial charge >= 0.3 is 0 Å². The Morgan fingerprint density at radius 2 is 2.00 bits per heavy atom. The second-order valence-electron chi connectivity index (χ2n) is 6.75. The van der Waals surface area contributed by atoms with Crippen molar-refractivity contribution in [3.05, 3.63) is 57.0 Å². The summed E-state index contributed by atoms with van der Waals surface area (Å²) in [6.45, 7) is 8.43. The Kier molecular flexibility index (Phi) is 5.23. The van der Waals surface area contributed by atoms with Crippen molar-refractivity contribution in [2.45, 2.75) is 46.6 Å². The number of hydrogen-bond acceptors (Lipinski definition) is 4. The minimum absolute atomic E-state index is 0.0766. The summed E-state index contributed by atoms with van der Waals surface area (Å²) in [5.74, 6) is 0.217. The highest BCUT2D eigenvalue weighted by molar-refractivity contribution is 7.18. The van der Waals surface area contributed by atoms with E-state index in [1.165, 1.54) is 22.2 Å². The molecule has 5 nitrogen and oxygen atoms in total. The highest BCUT2D eigenvalue weighted by Crippen LogP contribution is 2.26. The van der Waals surface area contributed by atoms with E-state index in [9.17, 15) is 9.59 Å². The fourth-order valence-electron chi connectivity index (χ4n) is 2.98. The van der Waals surface area contributed by atoms with Crippen LogP contribution in [0.3, 0.4) is 0 Å². The molecule has 0 aliphatic heterocycles. The minimum atomic E-state index is -0.108. The average molecular weight is 369 g/mol. The van der Waals surface area contributed by atoms with E-state index in [0.29, 0.717) is 17.8 Å². The second-order valence-corrected chi connectivity index (χ2v) is 7.95. The van der Waals surface area contributed by atoms with Crippen molar-refractivity contribution in [2.24, 2.45) is 0 Å². The first-order chi connectivity index (χ1) is 12.4. The molecule has 0 unspecified atom stereocenters. The molecule has 1 amide bonds. The summed E-state index contributed by atoms with van der Waals surface area (Å²) < 4.78 is 1.52. The van der Waals surface area contributed by atoms with E-state index < -0.39 is 0 Å². The SMILES string of the molecule is Cc1sc2ncn(CCC(=O)Nc3ccccc3C(C)C)c(=O)c2c1C. The summed E-state index contributed by atoms with van der Waals surface area (Å²) >= 11 is 1.53. The molecule has 2 aromatic heterocycles. The van der Waals surface area contributed by atoms with Crippen molar-refractivity contribution in [1.82, 2.24) is 9.55 Å². The zero-order valence-electron chi connectivity index (χ0n) is 15.5. The average Bonchev–Trinajstić information content (AvgIpc) is 2.89. The molecule has 0 fully saturated rings. The number of hydrogen-bond donors (Lipinski definition) is 1. The van der Waals surface area contributed by atoms with Crippen LogP contribution in [0.2, 0.25) is 0 Å². The molecule has 0 atom stereocenters. The smallest absolute Gasteiger partial charge is 0.262 e. The van der Waals surface area contributed by atoms with Gasteiger partial charge in [-0.25, -0.2) is 4.98 Å². The summed E-state index contributed by atoms with van der Waals surface area (Å²) in [6, 6.07) is 7.80. The zero-order chi connectivity index (χ0) is 18.8. The molecule has 0 saturated heterocycles. The molecule has 3 rings (SSSR count). The van der Waals surface area contributed by atoms with Crippen LogP contribution in [-0.2, 0) is 11.3 Å². The summed E-state index contributed by atoms with van der Waals surface area (Å²) in [7, 11) is 0. The highest BCUT2D eigenvalue weighted by Gasteiger charge is 2.13. The molecule has 0 aliphatic rings. The van der Waals surface area contributed by atoms with Crippen molar-refractivity contribution in [3.63, 3.8) is 0 Å². The van der Waals surface area contributed by atoms with Crippen LogP contribution in [0, 0.1) is 13.8 Å². The van der Waals surface area contributed by atoms with Gasteiger partial charge in [0, 0.05) is 23.5 Å². The molecule has 0 spiro atoms. The lowest BCUT2D eigenvalue weighted by Gasteiger charge is -2.13. The number of benzene rings is 1. The summed E-state index contributed by atoms with van der Waals surface area (Å²) in [6.07, 6.45) is 1.76. The number of nitrogens with one attached hydrogen (secondary N) is 1. The fraction of sp³-hybridized carbons (Fsp3) is 0.350. The maximum atomic E-state index is 12.7. The topological polar surface area (TPSA) is 64.0 Å². The van der Waals surface area contributed by atoms with E-state index >= 15 is 0 Å². The Morgan fingerprint density at radius 1 is 1.27 bits per heavy atom. The third-order valence-corrected chi connectivity index (χ3v) is 5.71. The predicted octanol–water partition coefficient (Wildman–Crippen LogP) is 4.23. The highest BCUT2D eigenvalue weighted by atomic mass is 32.1. The third kappa shape index (κ3) is 3.55. The molecule has 6 heteroatoms. The first-order valence-corrected chi connectivity index (χ1v) is 9.54. The van der Waals surface area contributed by atoms with Crippen LogP contribution in [-0.4, -0.2) is 15.5 Å². The molecule has 1 aromatic carbocycles. The number of para-hydroxylation sites is 1. The lowest BCUT2D eigenvalue weighted by molar-refractivity contribution is -0.116. The molecule has 1 N–H and O–H groups in total. The van der Waals surface area contributed by atoms with E-state index in [1.807, 2.05) is 38.1 Å². The standard InChI is InChI=1S/C20H23N3O2S/c1-12(2)15-7-5-6-8-16(15)22-17(24)9-10-23-11-21-19-18(20(23)25)13(3)14(4)26-19/h5-8,11-12H,9-10H2,1-4H3,(H,22,24). The molecule has 0 radical (unpaired) electrons. The Hall–Kier alpha value is -2.47. The number of carbonyl (C=O) groups is 1. The zero-order valence-corrected chi connectivity index (χ0v) is 16.3. The largest absolute Gasteiger partial charge is 0.326 e. The van der Waals surface area contributed by atoms with Crippen molar-refractivity contribution in [2.75, 3.05) is 5.32 Å². The number of aryl methyl sites for hydroxylation is 3. The van der Waals surface area contributed by atoms with Crippen LogP contribution in [0.25, 0.3) is 10.2 Å². The lowest BCUT2D eigenvalue weighted by atomic mass is 10.0. The molecular weight excluding hydrogens is 346 g/mol. The number of aromatic nitrogens is 2. The van der Waals surface area contributed by atoms with Crippen LogP contribution in [0.15, 0.2) is 35.4 Å². The van der Waals surface area contributed by atoms with Gasteiger partial charge in [-0.3, -0.25) is 14.2 Å². The minimum Gasteiger partial charge on any atom is -0.326 e. The van der Waals surface area contributed by atoms with Gasteiger partial charge in [0.1, 0.15) is 4.83 Å². The van der Waals surface area contributed by atoms with Crippen LogP contribution >= 0.6 is 11.3 Å². The van der Waals surface area contributed by atoms with Crippen molar-refractivity contribution >= 4 is 33.1 Å². The number of rotatable bonds is 5. The number of amides is 1. The maximum Gasteiger partial charge on any atom is 0.262 e. The predicted molar refractivity (Wildman–Crippen MR) is 107 cm³/mol. The van der Waals surface area contributed by atoms with Crippen molar-refractivity contribution in [1.29, 1.82) is 0 Å². The maximum absolute atomic E-state index is 12.7. The normalized spacial score (nSPS) is 11.3. The van der Waals surface area contributed by atoms with Gasteiger partial charge in [0.05, 0.1) is 11.7 Å². The van der Waals surface area contributed by atoms with Gasteiger partial charge < -0.3 is 5.32 Å². The lowest BCUT2D eigenvalue weighted by Crippen LogP contribution is -2.23. The first kappa shape index (κ1) is 18.3. The van der Waals surface area contributed by atoms with Crippen LogP contribution in [0.4, 0.5) is 5.69 Å². The van der Waals surface area contributed by atoms with Crippen LogP contribution < -0.4 is 10.9 Å². The van der Waals surface area contributed by atoms with Gasteiger partial charge in [0.15, 0.2) is 0 Å². The van der Waals surface area contributed by atoms with Crippen molar-refractivity contribution in [3.8, 4) is 0 Å². The monoisotopic (exact) mass is 369 g/mol.